The largest absolute Gasteiger partial charge is 0.493 e. The minimum atomic E-state index is 0.826. The van der Waals surface area contributed by atoms with Gasteiger partial charge in [0.15, 0.2) is 0 Å². The Morgan fingerprint density at radius 1 is 1.33 bits per heavy atom. The summed E-state index contributed by atoms with van der Waals surface area (Å²) in [5.74, 6) is 0.969. The SMILES string of the molecule is CCC.Cc1ccc2c(c1Cl)CCCO2. The van der Waals surface area contributed by atoms with E-state index in [0.29, 0.717) is 0 Å². The molecule has 1 nitrogen and oxygen atoms in total. The summed E-state index contributed by atoms with van der Waals surface area (Å²) >= 11 is 6.13. The summed E-state index contributed by atoms with van der Waals surface area (Å²) in [6, 6.07) is 4.02. The summed E-state index contributed by atoms with van der Waals surface area (Å²) in [6.07, 6.45) is 3.38. The van der Waals surface area contributed by atoms with Gasteiger partial charge in [-0.15, -0.1) is 0 Å². The molecular formula is C13H19ClO. The summed E-state index contributed by atoms with van der Waals surface area (Å²) in [6.45, 7) is 7.10. The number of hydrogen-bond donors (Lipinski definition) is 0. The maximum absolute atomic E-state index is 6.13. The van der Waals surface area contributed by atoms with Crippen molar-refractivity contribution in [2.24, 2.45) is 0 Å². The topological polar surface area (TPSA) is 9.23 Å². The lowest BCUT2D eigenvalue weighted by molar-refractivity contribution is 0.288. The summed E-state index contributed by atoms with van der Waals surface area (Å²) in [4.78, 5) is 0. The molecular weight excluding hydrogens is 208 g/mol. The number of benzene rings is 1. The molecule has 1 aromatic carbocycles. The molecule has 0 saturated heterocycles. The van der Waals surface area contributed by atoms with Gasteiger partial charge in [-0.2, -0.15) is 0 Å². The Morgan fingerprint density at radius 2 is 2.00 bits per heavy atom. The van der Waals surface area contributed by atoms with E-state index in [9.17, 15) is 0 Å². The van der Waals surface area contributed by atoms with Crippen LogP contribution in [0, 0.1) is 6.92 Å². The molecule has 1 aliphatic heterocycles. The van der Waals surface area contributed by atoms with Crippen LogP contribution in [0.15, 0.2) is 12.1 Å². The first-order valence-corrected chi connectivity index (χ1v) is 5.99. The maximum atomic E-state index is 6.13. The molecule has 2 rings (SSSR count). The second-order valence-corrected chi connectivity index (χ2v) is 4.21. The van der Waals surface area contributed by atoms with Gasteiger partial charge in [-0.1, -0.05) is 37.9 Å². The van der Waals surface area contributed by atoms with E-state index in [1.165, 1.54) is 12.0 Å². The van der Waals surface area contributed by atoms with Gasteiger partial charge in [0.1, 0.15) is 5.75 Å². The van der Waals surface area contributed by atoms with Gasteiger partial charge in [0, 0.05) is 5.56 Å². The van der Waals surface area contributed by atoms with Crippen LogP contribution in [-0.4, -0.2) is 6.61 Å². The molecule has 0 saturated carbocycles. The summed E-state index contributed by atoms with van der Waals surface area (Å²) in [7, 11) is 0. The Hall–Kier alpha value is -0.690. The molecule has 1 aliphatic rings. The third-order valence-electron chi connectivity index (χ3n) is 2.22. The van der Waals surface area contributed by atoms with E-state index in [-0.39, 0.29) is 0 Å². The lowest BCUT2D eigenvalue weighted by Crippen LogP contribution is -2.08. The van der Waals surface area contributed by atoms with Crippen molar-refractivity contribution in [3.8, 4) is 5.75 Å². The molecule has 0 aromatic heterocycles. The van der Waals surface area contributed by atoms with E-state index in [2.05, 4.69) is 13.8 Å². The van der Waals surface area contributed by atoms with Crippen LogP contribution in [0.1, 0.15) is 37.8 Å². The number of rotatable bonds is 0. The third-order valence-corrected chi connectivity index (χ3v) is 2.75. The van der Waals surface area contributed by atoms with E-state index in [1.54, 1.807) is 0 Å². The quantitative estimate of drug-likeness (QED) is 0.638. The molecule has 1 aromatic rings. The standard InChI is InChI=1S/C10H11ClO.C3H8/c1-7-4-5-9-8(10(7)11)3-2-6-12-9;1-3-2/h4-5H,2-3,6H2,1H3;3H2,1-2H3. The van der Waals surface area contributed by atoms with Gasteiger partial charge in [0.2, 0.25) is 0 Å². The zero-order valence-corrected chi connectivity index (χ0v) is 10.5. The number of ether oxygens (including phenoxy) is 1. The lowest BCUT2D eigenvalue weighted by Gasteiger charge is -2.18. The maximum Gasteiger partial charge on any atom is 0.123 e. The molecule has 0 atom stereocenters. The van der Waals surface area contributed by atoms with Gasteiger partial charge in [-0.25, -0.2) is 0 Å². The van der Waals surface area contributed by atoms with Crippen LogP contribution in [-0.2, 0) is 6.42 Å². The Kier molecular flexibility index (Phi) is 4.97. The predicted molar refractivity (Wildman–Crippen MR) is 66.0 cm³/mol. The van der Waals surface area contributed by atoms with Gasteiger partial charge in [-0.3, -0.25) is 0 Å². The van der Waals surface area contributed by atoms with Crippen molar-refractivity contribution in [3.05, 3.63) is 28.3 Å². The highest BCUT2D eigenvalue weighted by Crippen LogP contribution is 2.32. The lowest BCUT2D eigenvalue weighted by atomic mass is 10.0. The second-order valence-electron chi connectivity index (χ2n) is 3.83. The van der Waals surface area contributed by atoms with Crippen LogP contribution in [0.2, 0.25) is 5.02 Å². The smallest absolute Gasteiger partial charge is 0.123 e. The minimum absolute atomic E-state index is 0.826. The Morgan fingerprint density at radius 3 is 2.67 bits per heavy atom. The van der Waals surface area contributed by atoms with Crippen LogP contribution in [0.25, 0.3) is 0 Å². The van der Waals surface area contributed by atoms with Crippen molar-refractivity contribution in [2.75, 3.05) is 6.61 Å². The average Bonchev–Trinajstić information content (AvgIpc) is 2.25. The Bertz CT molecular complexity index is 321. The van der Waals surface area contributed by atoms with Crippen LogP contribution in [0.3, 0.4) is 0 Å². The molecule has 0 fully saturated rings. The van der Waals surface area contributed by atoms with E-state index in [4.69, 9.17) is 16.3 Å². The Balaban J connectivity index is 0.000000337. The van der Waals surface area contributed by atoms with Crippen LogP contribution in [0.5, 0.6) is 5.75 Å². The predicted octanol–water partition coefficient (Wildman–Crippen LogP) is 4.39. The fraction of sp³-hybridized carbons (Fsp3) is 0.538. The molecule has 0 amide bonds. The third kappa shape index (κ3) is 3.13. The first kappa shape index (κ1) is 12.4. The molecule has 0 spiro atoms. The molecule has 0 unspecified atom stereocenters. The fourth-order valence-corrected chi connectivity index (χ4v) is 1.77. The second kappa shape index (κ2) is 6.02. The highest BCUT2D eigenvalue weighted by Gasteiger charge is 2.14. The summed E-state index contributed by atoms with van der Waals surface area (Å²) in [5, 5.41) is 0.882. The van der Waals surface area contributed by atoms with Crippen molar-refractivity contribution < 1.29 is 4.74 Å². The van der Waals surface area contributed by atoms with Crippen molar-refractivity contribution >= 4 is 11.6 Å². The fourth-order valence-electron chi connectivity index (χ4n) is 1.52. The van der Waals surface area contributed by atoms with Gasteiger partial charge < -0.3 is 4.74 Å². The molecule has 0 radical (unpaired) electrons. The number of hydrogen-bond acceptors (Lipinski definition) is 1. The summed E-state index contributed by atoms with van der Waals surface area (Å²) < 4.78 is 5.47. The molecule has 15 heavy (non-hydrogen) atoms. The average molecular weight is 227 g/mol. The van der Waals surface area contributed by atoms with E-state index in [1.807, 2.05) is 19.1 Å². The minimum Gasteiger partial charge on any atom is -0.493 e. The molecule has 0 N–H and O–H groups in total. The number of aryl methyl sites for hydroxylation is 1. The zero-order chi connectivity index (χ0) is 11.3. The van der Waals surface area contributed by atoms with E-state index >= 15 is 0 Å². The normalized spacial score (nSPS) is 13.3. The van der Waals surface area contributed by atoms with Crippen molar-refractivity contribution in [2.45, 2.75) is 40.0 Å². The van der Waals surface area contributed by atoms with Gasteiger partial charge in [-0.05, 0) is 31.4 Å². The van der Waals surface area contributed by atoms with Crippen LogP contribution >= 0.6 is 11.6 Å². The van der Waals surface area contributed by atoms with Crippen molar-refractivity contribution in [1.82, 2.24) is 0 Å². The van der Waals surface area contributed by atoms with Gasteiger partial charge in [0.05, 0.1) is 11.6 Å². The molecule has 84 valence electrons. The van der Waals surface area contributed by atoms with Crippen molar-refractivity contribution in [3.63, 3.8) is 0 Å². The highest BCUT2D eigenvalue weighted by atomic mass is 35.5. The van der Waals surface area contributed by atoms with E-state index in [0.717, 1.165) is 35.8 Å². The Labute approximate surface area is 97.4 Å². The molecule has 1 heterocycles. The van der Waals surface area contributed by atoms with Crippen LogP contribution < -0.4 is 4.74 Å². The molecule has 0 aliphatic carbocycles. The zero-order valence-electron chi connectivity index (χ0n) is 9.77. The first-order chi connectivity index (χ1) is 7.20. The van der Waals surface area contributed by atoms with Gasteiger partial charge >= 0.3 is 0 Å². The summed E-state index contributed by atoms with van der Waals surface area (Å²) in [5.41, 5.74) is 2.32. The molecule has 2 heteroatoms. The van der Waals surface area contributed by atoms with E-state index < -0.39 is 0 Å². The van der Waals surface area contributed by atoms with Crippen LogP contribution in [0.4, 0.5) is 0 Å². The number of fused-ring (bicyclic) bond motifs is 1. The molecule has 0 bridgehead atoms. The highest BCUT2D eigenvalue weighted by molar-refractivity contribution is 6.32. The number of halogens is 1. The van der Waals surface area contributed by atoms with Crippen molar-refractivity contribution in [1.29, 1.82) is 0 Å². The first-order valence-electron chi connectivity index (χ1n) is 5.61. The van der Waals surface area contributed by atoms with Gasteiger partial charge in [0.25, 0.3) is 0 Å². The monoisotopic (exact) mass is 226 g/mol.